The van der Waals surface area contributed by atoms with Crippen molar-refractivity contribution in [2.45, 2.75) is 12.6 Å². The molecule has 4 rings (SSSR count). The van der Waals surface area contributed by atoms with Gasteiger partial charge in [0.1, 0.15) is 16.7 Å². The maximum atomic E-state index is 13.1. The number of thiocarbonyl (C=S) groups is 1. The molecule has 1 saturated heterocycles. The molecule has 3 aromatic carbocycles. The molecule has 5 nitrogen and oxygen atoms in total. The Bertz CT molecular complexity index is 1230. The van der Waals surface area contributed by atoms with Crippen LogP contribution in [0.5, 0.6) is 5.75 Å². The normalized spacial score (nSPS) is 15.7. The molecule has 166 valence electrons. The predicted molar refractivity (Wildman–Crippen MR) is 134 cm³/mol. The molecule has 1 atom stereocenters. The molecule has 1 heterocycles. The van der Waals surface area contributed by atoms with Crippen molar-refractivity contribution < 1.29 is 19.4 Å². The van der Waals surface area contributed by atoms with Gasteiger partial charge in [-0.05, 0) is 47.0 Å². The van der Waals surface area contributed by atoms with E-state index in [0.29, 0.717) is 27.8 Å². The van der Waals surface area contributed by atoms with Crippen LogP contribution >= 0.6 is 35.6 Å². The van der Waals surface area contributed by atoms with Crippen LogP contribution in [-0.2, 0) is 16.2 Å². The van der Waals surface area contributed by atoms with Crippen molar-refractivity contribution in [2.75, 3.05) is 0 Å². The van der Waals surface area contributed by atoms with Crippen molar-refractivity contribution in [3.8, 4) is 5.75 Å². The van der Waals surface area contributed by atoms with E-state index in [1.807, 2.05) is 36.4 Å². The van der Waals surface area contributed by atoms with Gasteiger partial charge in [0.25, 0.3) is 5.91 Å². The van der Waals surface area contributed by atoms with E-state index in [1.54, 1.807) is 48.5 Å². The second-order valence-electron chi connectivity index (χ2n) is 7.19. The molecule has 1 N–H and O–H groups in total. The molecule has 33 heavy (non-hydrogen) atoms. The van der Waals surface area contributed by atoms with Gasteiger partial charge < -0.3 is 9.84 Å². The van der Waals surface area contributed by atoms with Gasteiger partial charge >= 0.3 is 5.97 Å². The fourth-order valence-electron chi connectivity index (χ4n) is 3.33. The molecule has 0 aliphatic carbocycles. The van der Waals surface area contributed by atoms with Gasteiger partial charge in [-0.3, -0.25) is 9.69 Å². The molecule has 8 heteroatoms. The van der Waals surface area contributed by atoms with Crippen LogP contribution in [0, 0.1) is 0 Å². The van der Waals surface area contributed by atoms with E-state index < -0.39 is 17.9 Å². The van der Waals surface area contributed by atoms with Gasteiger partial charge in [0, 0.05) is 5.02 Å². The van der Waals surface area contributed by atoms with Crippen LogP contribution in [0.3, 0.4) is 0 Å². The van der Waals surface area contributed by atoms with Gasteiger partial charge in [0.15, 0.2) is 6.04 Å². The van der Waals surface area contributed by atoms with Crippen LogP contribution in [-0.4, -0.2) is 26.2 Å². The minimum Gasteiger partial charge on any atom is -0.489 e. The monoisotopic (exact) mass is 495 g/mol. The van der Waals surface area contributed by atoms with E-state index in [-0.39, 0.29) is 4.32 Å². The Balaban J connectivity index is 1.53. The summed E-state index contributed by atoms with van der Waals surface area (Å²) in [5, 5.41) is 10.5. The Morgan fingerprint density at radius 3 is 2.52 bits per heavy atom. The Morgan fingerprint density at radius 1 is 1.09 bits per heavy atom. The Hall–Kier alpha value is -3.13. The molecule has 1 aliphatic heterocycles. The maximum Gasteiger partial charge on any atom is 0.331 e. The third kappa shape index (κ3) is 5.45. The highest BCUT2D eigenvalue weighted by atomic mass is 35.5. The summed E-state index contributed by atoms with van der Waals surface area (Å²) in [5.41, 5.74) is 2.21. The van der Waals surface area contributed by atoms with Gasteiger partial charge in [0.05, 0.1) is 4.91 Å². The van der Waals surface area contributed by atoms with Gasteiger partial charge in [0.2, 0.25) is 0 Å². The highest BCUT2D eigenvalue weighted by Gasteiger charge is 2.41. The summed E-state index contributed by atoms with van der Waals surface area (Å²) in [6.45, 7) is 0.375. The molecule has 0 spiro atoms. The maximum absolute atomic E-state index is 13.1. The Kier molecular flexibility index (Phi) is 7.13. The first-order valence-corrected chi connectivity index (χ1v) is 11.5. The lowest BCUT2D eigenvalue weighted by Crippen LogP contribution is -2.37. The number of amides is 1. The van der Waals surface area contributed by atoms with Gasteiger partial charge in [-0.25, -0.2) is 4.79 Å². The lowest BCUT2D eigenvalue weighted by molar-refractivity contribution is -0.145. The zero-order valence-electron chi connectivity index (χ0n) is 17.2. The zero-order chi connectivity index (χ0) is 23.4. The van der Waals surface area contributed by atoms with Crippen LogP contribution < -0.4 is 4.74 Å². The third-order valence-electron chi connectivity index (χ3n) is 4.91. The first-order valence-electron chi connectivity index (χ1n) is 9.94. The van der Waals surface area contributed by atoms with Crippen molar-refractivity contribution >= 4 is 57.9 Å². The number of ether oxygens (including phenoxy) is 1. The van der Waals surface area contributed by atoms with E-state index in [2.05, 4.69) is 0 Å². The van der Waals surface area contributed by atoms with Gasteiger partial charge in [-0.15, -0.1) is 0 Å². The fourth-order valence-corrected chi connectivity index (χ4v) is 4.77. The minimum atomic E-state index is -1.18. The number of carbonyl (C=O) groups excluding carboxylic acids is 1. The molecule has 1 amide bonds. The Labute approximate surface area is 205 Å². The van der Waals surface area contributed by atoms with E-state index in [0.717, 1.165) is 27.8 Å². The molecule has 1 fully saturated rings. The molecule has 3 aromatic rings. The molecule has 0 radical (unpaired) electrons. The first-order chi connectivity index (χ1) is 15.9. The molecule has 0 aromatic heterocycles. The topological polar surface area (TPSA) is 66.8 Å². The average molecular weight is 496 g/mol. The molecular formula is C25H18ClNO4S2. The van der Waals surface area contributed by atoms with Crippen LogP contribution in [0.4, 0.5) is 0 Å². The van der Waals surface area contributed by atoms with E-state index >= 15 is 0 Å². The number of aliphatic carboxylic acids is 1. The summed E-state index contributed by atoms with van der Waals surface area (Å²) in [6.07, 6.45) is 1.69. The van der Waals surface area contributed by atoms with E-state index in [4.69, 9.17) is 28.6 Å². The van der Waals surface area contributed by atoms with Crippen molar-refractivity contribution in [3.05, 3.63) is 105 Å². The number of benzene rings is 3. The highest BCUT2D eigenvalue weighted by Crippen LogP contribution is 2.38. The number of thioether (sulfide) groups is 1. The van der Waals surface area contributed by atoms with E-state index in [9.17, 15) is 14.7 Å². The number of halogens is 1. The summed E-state index contributed by atoms with van der Waals surface area (Å²) in [6, 6.07) is 22.1. The molecule has 1 aliphatic rings. The summed E-state index contributed by atoms with van der Waals surface area (Å²) >= 11 is 12.4. The number of carboxylic acids is 1. The number of hydrogen-bond donors (Lipinski definition) is 1. The fraction of sp³-hybridized carbons (Fsp3) is 0.0800. The number of rotatable bonds is 7. The number of hydrogen-bond acceptors (Lipinski definition) is 5. The average Bonchev–Trinajstić information content (AvgIpc) is 3.07. The van der Waals surface area contributed by atoms with Crippen molar-refractivity contribution in [3.63, 3.8) is 0 Å². The standard InChI is InChI=1S/C25H18ClNO4S2/c26-19-11-9-16(10-12-19)15-31-20-8-4-5-17(13-20)14-21-23(28)27(25(32)33-21)22(24(29)30)18-6-2-1-3-7-18/h1-14,22H,15H2,(H,29,30)/b21-14-/t22-/m1/s1. The molecular weight excluding hydrogens is 478 g/mol. The minimum absolute atomic E-state index is 0.206. The summed E-state index contributed by atoms with van der Waals surface area (Å²) < 4.78 is 6.06. The number of carbonyl (C=O) groups is 2. The predicted octanol–water partition coefficient (Wildman–Crippen LogP) is 5.95. The largest absolute Gasteiger partial charge is 0.489 e. The lowest BCUT2D eigenvalue weighted by atomic mass is 10.1. The SMILES string of the molecule is O=C(O)[C@@H](c1ccccc1)N1C(=O)/C(=C/c2cccc(OCc3ccc(Cl)cc3)c2)SC1=S. The first kappa shape index (κ1) is 23.0. The second kappa shape index (κ2) is 10.2. The second-order valence-corrected chi connectivity index (χ2v) is 9.30. The highest BCUT2D eigenvalue weighted by molar-refractivity contribution is 8.26. The summed E-state index contributed by atoms with van der Waals surface area (Å²) in [4.78, 5) is 26.6. The molecule has 0 bridgehead atoms. The van der Waals surface area contributed by atoms with Crippen LogP contribution in [0.25, 0.3) is 6.08 Å². The van der Waals surface area contributed by atoms with Gasteiger partial charge in [-0.2, -0.15) is 0 Å². The number of carboxylic acid groups (broad SMARTS) is 1. The summed E-state index contributed by atoms with van der Waals surface area (Å²) in [5.74, 6) is -0.938. The van der Waals surface area contributed by atoms with Gasteiger partial charge in [-0.1, -0.05) is 90.2 Å². The van der Waals surface area contributed by atoms with Crippen molar-refractivity contribution in [1.29, 1.82) is 0 Å². The molecule has 0 unspecified atom stereocenters. The molecule has 0 saturated carbocycles. The van der Waals surface area contributed by atoms with Crippen LogP contribution in [0.15, 0.2) is 83.8 Å². The zero-order valence-corrected chi connectivity index (χ0v) is 19.6. The number of nitrogens with zero attached hydrogens (tertiary/aromatic N) is 1. The Morgan fingerprint density at radius 2 is 1.82 bits per heavy atom. The quantitative estimate of drug-likeness (QED) is 0.323. The third-order valence-corrected chi connectivity index (χ3v) is 6.49. The summed E-state index contributed by atoms with van der Waals surface area (Å²) in [7, 11) is 0. The van der Waals surface area contributed by atoms with Crippen LogP contribution in [0.1, 0.15) is 22.7 Å². The van der Waals surface area contributed by atoms with E-state index in [1.165, 1.54) is 0 Å². The lowest BCUT2D eigenvalue weighted by Gasteiger charge is -2.23. The van der Waals surface area contributed by atoms with Crippen molar-refractivity contribution in [1.82, 2.24) is 4.90 Å². The smallest absolute Gasteiger partial charge is 0.331 e. The van der Waals surface area contributed by atoms with Crippen LogP contribution in [0.2, 0.25) is 5.02 Å². The van der Waals surface area contributed by atoms with Crippen molar-refractivity contribution in [2.24, 2.45) is 0 Å².